The molecule has 4 nitrogen and oxygen atoms in total. The number of carboxylic acids is 1. The van der Waals surface area contributed by atoms with Crippen LogP contribution >= 0.6 is 0 Å². The molecule has 94 valence electrons. The number of carboxylic acid groups (broad SMARTS) is 1. The van der Waals surface area contributed by atoms with Gasteiger partial charge in [0.15, 0.2) is 0 Å². The van der Waals surface area contributed by atoms with Crippen molar-refractivity contribution in [2.24, 2.45) is 5.73 Å². The number of benzene rings is 1. The lowest BCUT2D eigenvalue weighted by molar-refractivity contribution is -0.138. The van der Waals surface area contributed by atoms with Gasteiger partial charge in [0, 0.05) is 18.5 Å². The number of hydrogen-bond donors (Lipinski definition) is 3. The molecule has 0 amide bonds. The van der Waals surface area contributed by atoms with Crippen LogP contribution in [0.5, 0.6) is 0 Å². The standard InChI is InChI=1S/C13H20N2O2/c1-13(2,10-6-4-3-5-7-10)9-15-8-11(14)12(16)17/h3-7,11,15H,8-9,14H2,1-2H3,(H,16,17). The number of nitrogens with one attached hydrogen (secondary N) is 1. The van der Waals surface area contributed by atoms with Crippen molar-refractivity contribution >= 4 is 5.97 Å². The van der Waals surface area contributed by atoms with Gasteiger partial charge < -0.3 is 16.2 Å². The number of carbonyl (C=O) groups is 1. The largest absolute Gasteiger partial charge is 0.480 e. The van der Waals surface area contributed by atoms with E-state index in [-0.39, 0.29) is 12.0 Å². The summed E-state index contributed by atoms with van der Waals surface area (Å²) >= 11 is 0. The molecule has 0 aliphatic heterocycles. The fourth-order valence-electron chi connectivity index (χ4n) is 1.62. The Morgan fingerprint density at radius 2 is 2.00 bits per heavy atom. The van der Waals surface area contributed by atoms with Gasteiger partial charge >= 0.3 is 5.97 Å². The lowest BCUT2D eigenvalue weighted by atomic mass is 9.84. The summed E-state index contributed by atoms with van der Waals surface area (Å²) < 4.78 is 0. The second-order valence-electron chi connectivity index (χ2n) is 4.83. The Morgan fingerprint density at radius 1 is 1.41 bits per heavy atom. The molecule has 0 radical (unpaired) electrons. The van der Waals surface area contributed by atoms with Crippen molar-refractivity contribution in [1.29, 1.82) is 0 Å². The van der Waals surface area contributed by atoms with E-state index in [0.717, 1.165) is 0 Å². The first-order valence-electron chi connectivity index (χ1n) is 5.68. The van der Waals surface area contributed by atoms with Crippen LogP contribution in [-0.4, -0.2) is 30.2 Å². The van der Waals surface area contributed by atoms with Crippen molar-refractivity contribution < 1.29 is 9.90 Å². The Hall–Kier alpha value is -1.39. The molecule has 1 rings (SSSR count). The molecular formula is C13H20N2O2. The summed E-state index contributed by atoms with van der Waals surface area (Å²) in [7, 11) is 0. The molecule has 17 heavy (non-hydrogen) atoms. The van der Waals surface area contributed by atoms with Crippen molar-refractivity contribution in [1.82, 2.24) is 5.32 Å². The summed E-state index contributed by atoms with van der Waals surface area (Å²) in [4.78, 5) is 10.6. The van der Waals surface area contributed by atoms with Gasteiger partial charge in [0.05, 0.1) is 0 Å². The average molecular weight is 236 g/mol. The Kier molecular flexibility index (Phi) is 4.66. The molecule has 0 aromatic heterocycles. The summed E-state index contributed by atoms with van der Waals surface area (Å²) in [5.74, 6) is -0.977. The van der Waals surface area contributed by atoms with Crippen molar-refractivity contribution in [3.8, 4) is 0 Å². The molecule has 4 N–H and O–H groups in total. The van der Waals surface area contributed by atoms with Crippen LogP contribution in [0.4, 0.5) is 0 Å². The monoisotopic (exact) mass is 236 g/mol. The zero-order valence-corrected chi connectivity index (χ0v) is 10.3. The molecule has 1 atom stereocenters. The predicted molar refractivity (Wildman–Crippen MR) is 67.9 cm³/mol. The van der Waals surface area contributed by atoms with E-state index in [1.54, 1.807) is 0 Å². The Balaban J connectivity index is 2.48. The highest BCUT2D eigenvalue weighted by Gasteiger charge is 2.20. The second-order valence-corrected chi connectivity index (χ2v) is 4.83. The Morgan fingerprint density at radius 3 is 2.53 bits per heavy atom. The highest BCUT2D eigenvalue weighted by Crippen LogP contribution is 2.21. The molecule has 0 saturated carbocycles. The summed E-state index contributed by atoms with van der Waals surface area (Å²) in [6.07, 6.45) is 0. The van der Waals surface area contributed by atoms with Crippen molar-refractivity contribution in [3.63, 3.8) is 0 Å². The lowest BCUT2D eigenvalue weighted by Crippen LogP contribution is -2.43. The molecule has 4 heteroatoms. The third-order valence-corrected chi connectivity index (χ3v) is 2.80. The molecule has 0 heterocycles. The summed E-state index contributed by atoms with van der Waals surface area (Å²) in [6, 6.07) is 9.27. The van der Waals surface area contributed by atoms with Gasteiger partial charge in [-0.25, -0.2) is 0 Å². The molecule has 0 fully saturated rings. The molecule has 0 saturated heterocycles. The van der Waals surface area contributed by atoms with Crippen molar-refractivity contribution in [2.45, 2.75) is 25.3 Å². The molecule has 0 bridgehead atoms. The third kappa shape index (κ3) is 4.17. The SMILES string of the molecule is CC(C)(CNCC(N)C(=O)O)c1ccccc1. The Labute approximate surface area is 102 Å². The van der Waals surface area contributed by atoms with Gasteiger partial charge in [0.25, 0.3) is 0 Å². The van der Waals surface area contributed by atoms with Gasteiger partial charge in [-0.2, -0.15) is 0 Å². The van der Waals surface area contributed by atoms with Crippen LogP contribution in [-0.2, 0) is 10.2 Å². The van der Waals surface area contributed by atoms with Gasteiger partial charge in [-0.3, -0.25) is 4.79 Å². The molecule has 0 aliphatic rings. The average Bonchev–Trinajstić information content (AvgIpc) is 2.29. The topological polar surface area (TPSA) is 75.3 Å². The number of aliphatic carboxylic acids is 1. The molecule has 0 aliphatic carbocycles. The number of hydrogen-bond acceptors (Lipinski definition) is 3. The zero-order chi connectivity index (χ0) is 12.9. The van der Waals surface area contributed by atoms with E-state index in [1.807, 2.05) is 18.2 Å². The van der Waals surface area contributed by atoms with Gasteiger partial charge in [-0.05, 0) is 5.56 Å². The van der Waals surface area contributed by atoms with Crippen LogP contribution in [0.25, 0.3) is 0 Å². The van der Waals surface area contributed by atoms with Gasteiger partial charge in [0.2, 0.25) is 0 Å². The van der Waals surface area contributed by atoms with Crippen LogP contribution in [0.1, 0.15) is 19.4 Å². The highest BCUT2D eigenvalue weighted by molar-refractivity contribution is 5.73. The minimum absolute atomic E-state index is 0.0422. The van der Waals surface area contributed by atoms with Crippen molar-refractivity contribution in [2.75, 3.05) is 13.1 Å². The maximum Gasteiger partial charge on any atom is 0.321 e. The van der Waals surface area contributed by atoms with E-state index in [9.17, 15) is 4.79 Å². The van der Waals surface area contributed by atoms with Crippen LogP contribution in [0.15, 0.2) is 30.3 Å². The number of rotatable bonds is 6. The minimum Gasteiger partial charge on any atom is -0.480 e. The summed E-state index contributed by atoms with van der Waals surface area (Å²) in [5, 5.41) is 11.8. The number of nitrogens with two attached hydrogens (primary N) is 1. The minimum atomic E-state index is -0.977. The highest BCUT2D eigenvalue weighted by atomic mass is 16.4. The maximum absolute atomic E-state index is 10.6. The van der Waals surface area contributed by atoms with Crippen LogP contribution < -0.4 is 11.1 Å². The first-order valence-corrected chi connectivity index (χ1v) is 5.68. The predicted octanol–water partition coefficient (Wildman–Crippen LogP) is 0.966. The van der Waals surface area contributed by atoms with Crippen LogP contribution in [0.2, 0.25) is 0 Å². The van der Waals surface area contributed by atoms with E-state index in [4.69, 9.17) is 10.8 Å². The van der Waals surface area contributed by atoms with E-state index >= 15 is 0 Å². The van der Waals surface area contributed by atoms with E-state index < -0.39 is 12.0 Å². The first-order chi connectivity index (χ1) is 7.93. The molecule has 1 aromatic rings. The van der Waals surface area contributed by atoms with Gasteiger partial charge in [-0.15, -0.1) is 0 Å². The van der Waals surface area contributed by atoms with E-state index in [1.165, 1.54) is 5.56 Å². The smallest absolute Gasteiger partial charge is 0.321 e. The molecule has 0 spiro atoms. The third-order valence-electron chi connectivity index (χ3n) is 2.80. The first kappa shape index (κ1) is 13.7. The van der Waals surface area contributed by atoms with Gasteiger partial charge in [-0.1, -0.05) is 44.2 Å². The summed E-state index contributed by atoms with van der Waals surface area (Å²) in [5.41, 5.74) is 6.60. The second kappa shape index (κ2) is 5.80. The summed E-state index contributed by atoms with van der Waals surface area (Å²) in [6.45, 7) is 5.20. The fourth-order valence-corrected chi connectivity index (χ4v) is 1.62. The fraction of sp³-hybridized carbons (Fsp3) is 0.462. The van der Waals surface area contributed by atoms with Crippen LogP contribution in [0, 0.1) is 0 Å². The van der Waals surface area contributed by atoms with Crippen molar-refractivity contribution in [3.05, 3.63) is 35.9 Å². The van der Waals surface area contributed by atoms with Crippen LogP contribution in [0.3, 0.4) is 0 Å². The molecular weight excluding hydrogens is 216 g/mol. The molecule has 1 aromatic carbocycles. The zero-order valence-electron chi connectivity index (χ0n) is 10.3. The quantitative estimate of drug-likeness (QED) is 0.688. The van der Waals surface area contributed by atoms with Gasteiger partial charge in [0.1, 0.15) is 6.04 Å². The Bertz CT molecular complexity index is 363. The normalized spacial score (nSPS) is 13.4. The molecule has 1 unspecified atom stereocenters. The lowest BCUT2D eigenvalue weighted by Gasteiger charge is -2.26. The van der Waals surface area contributed by atoms with E-state index in [0.29, 0.717) is 6.54 Å². The van der Waals surface area contributed by atoms with E-state index in [2.05, 4.69) is 31.3 Å². The maximum atomic E-state index is 10.6.